The monoisotopic (exact) mass is 318 g/mol. The number of hydrogen-bond acceptors (Lipinski definition) is 6. The molecule has 0 amide bonds. The van der Waals surface area contributed by atoms with E-state index in [-0.39, 0.29) is 12.0 Å². The van der Waals surface area contributed by atoms with Crippen LogP contribution in [0, 0.1) is 0 Å². The second-order valence-corrected chi connectivity index (χ2v) is 6.01. The highest BCUT2D eigenvalue weighted by atomic mass is 32.2. The molecule has 116 valence electrons. The highest BCUT2D eigenvalue weighted by Gasteiger charge is 2.28. The van der Waals surface area contributed by atoms with Gasteiger partial charge >= 0.3 is 5.97 Å². The first-order valence-electron chi connectivity index (χ1n) is 7.19. The van der Waals surface area contributed by atoms with Crippen molar-refractivity contribution in [1.29, 1.82) is 0 Å². The summed E-state index contributed by atoms with van der Waals surface area (Å²) in [6.45, 7) is 2.20. The molecular formula is C15H18N4O2S. The Morgan fingerprint density at radius 1 is 1.55 bits per heavy atom. The van der Waals surface area contributed by atoms with Gasteiger partial charge in [0, 0.05) is 30.3 Å². The molecule has 3 rings (SSSR count). The molecule has 1 aliphatic heterocycles. The summed E-state index contributed by atoms with van der Waals surface area (Å²) in [6, 6.07) is 5.43. The normalized spacial score (nSPS) is 17.3. The van der Waals surface area contributed by atoms with Gasteiger partial charge in [0.05, 0.1) is 12.3 Å². The number of fused-ring (bicyclic) bond motifs is 1. The van der Waals surface area contributed by atoms with Crippen LogP contribution in [0.2, 0.25) is 0 Å². The molecule has 2 aromatic heterocycles. The predicted octanol–water partition coefficient (Wildman–Crippen LogP) is 2.07. The van der Waals surface area contributed by atoms with E-state index in [1.165, 1.54) is 0 Å². The number of rotatable bonds is 3. The van der Waals surface area contributed by atoms with Gasteiger partial charge in [0.2, 0.25) is 0 Å². The quantitative estimate of drug-likeness (QED) is 0.874. The zero-order chi connectivity index (χ0) is 15.5. The summed E-state index contributed by atoms with van der Waals surface area (Å²) in [4.78, 5) is 16.4. The molecule has 0 saturated carbocycles. The van der Waals surface area contributed by atoms with E-state index in [0.29, 0.717) is 12.4 Å². The number of anilines is 1. The molecule has 0 aliphatic carbocycles. The van der Waals surface area contributed by atoms with Crippen molar-refractivity contribution >= 4 is 23.5 Å². The van der Waals surface area contributed by atoms with E-state index in [0.717, 1.165) is 28.5 Å². The van der Waals surface area contributed by atoms with Crippen LogP contribution in [0.4, 0.5) is 5.82 Å². The molecule has 1 atom stereocenters. The average molecular weight is 318 g/mol. The van der Waals surface area contributed by atoms with Gasteiger partial charge in [-0.1, -0.05) is 6.07 Å². The number of esters is 1. The standard InChI is InChI=1S/C15H18N4O2S/c1-3-21-15(20)12-9-22-8-10-13(11-6-4-5-7-16-11)18-19(2)14(10)17-12/h4-7,12,17H,3,8-9H2,1-2H3. The van der Waals surface area contributed by atoms with Crippen LogP contribution >= 0.6 is 11.8 Å². The average Bonchev–Trinajstić information content (AvgIpc) is 2.72. The highest BCUT2D eigenvalue weighted by Crippen LogP contribution is 2.33. The maximum absolute atomic E-state index is 12.0. The molecule has 0 radical (unpaired) electrons. The van der Waals surface area contributed by atoms with E-state index in [1.54, 1.807) is 22.6 Å². The topological polar surface area (TPSA) is 69.0 Å². The SMILES string of the molecule is CCOC(=O)C1CSCc2c(-c3ccccn3)nn(C)c2N1. The number of carbonyl (C=O) groups excluding carboxylic acids is 1. The lowest BCUT2D eigenvalue weighted by Crippen LogP contribution is -2.33. The number of nitrogens with zero attached hydrogens (tertiary/aromatic N) is 3. The molecule has 0 bridgehead atoms. The van der Waals surface area contributed by atoms with E-state index in [4.69, 9.17) is 4.74 Å². The minimum atomic E-state index is -0.349. The Balaban J connectivity index is 1.95. The van der Waals surface area contributed by atoms with Crippen LogP contribution in [0.15, 0.2) is 24.4 Å². The molecule has 0 spiro atoms. The van der Waals surface area contributed by atoms with Crippen LogP contribution in [0.1, 0.15) is 12.5 Å². The number of aryl methyl sites for hydroxylation is 1. The summed E-state index contributed by atoms with van der Waals surface area (Å²) in [7, 11) is 1.87. The van der Waals surface area contributed by atoms with E-state index in [2.05, 4.69) is 15.4 Å². The number of hydrogen-bond donors (Lipinski definition) is 1. The third kappa shape index (κ3) is 2.81. The second kappa shape index (κ2) is 6.39. The molecule has 3 heterocycles. The smallest absolute Gasteiger partial charge is 0.329 e. The third-order valence-electron chi connectivity index (χ3n) is 3.47. The van der Waals surface area contributed by atoms with Crippen molar-refractivity contribution in [2.45, 2.75) is 18.7 Å². The Kier molecular flexibility index (Phi) is 4.33. The molecule has 22 heavy (non-hydrogen) atoms. The maximum atomic E-state index is 12.0. The number of nitrogens with one attached hydrogen (secondary N) is 1. The van der Waals surface area contributed by atoms with Gasteiger partial charge in [-0.3, -0.25) is 9.67 Å². The summed E-state index contributed by atoms with van der Waals surface area (Å²) < 4.78 is 6.90. The van der Waals surface area contributed by atoms with Crippen molar-refractivity contribution in [3.8, 4) is 11.4 Å². The molecular weight excluding hydrogens is 300 g/mol. The molecule has 0 aromatic carbocycles. The Morgan fingerprint density at radius 3 is 3.14 bits per heavy atom. The molecule has 6 nitrogen and oxygen atoms in total. The Hall–Kier alpha value is -2.02. The first-order valence-corrected chi connectivity index (χ1v) is 8.34. The lowest BCUT2D eigenvalue weighted by atomic mass is 10.2. The first-order chi connectivity index (χ1) is 10.7. The molecule has 1 N–H and O–H groups in total. The van der Waals surface area contributed by atoms with Crippen molar-refractivity contribution in [1.82, 2.24) is 14.8 Å². The Labute approximate surface area is 133 Å². The summed E-state index contributed by atoms with van der Waals surface area (Å²) in [5.41, 5.74) is 2.79. The number of pyridine rings is 1. The Bertz CT molecular complexity index is 672. The first kappa shape index (κ1) is 14.9. The van der Waals surface area contributed by atoms with Crippen LogP contribution < -0.4 is 5.32 Å². The molecule has 0 fully saturated rings. The van der Waals surface area contributed by atoms with Gasteiger partial charge in [0.15, 0.2) is 0 Å². The summed E-state index contributed by atoms with van der Waals surface area (Å²) in [5, 5.41) is 7.85. The van der Waals surface area contributed by atoms with Crippen molar-refractivity contribution in [2.24, 2.45) is 7.05 Å². The largest absolute Gasteiger partial charge is 0.464 e. The van der Waals surface area contributed by atoms with E-state index in [9.17, 15) is 4.79 Å². The summed E-state index contributed by atoms with van der Waals surface area (Å²) in [6.07, 6.45) is 1.76. The zero-order valence-electron chi connectivity index (χ0n) is 12.6. The second-order valence-electron chi connectivity index (χ2n) is 4.98. The van der Waals surface area contributed by atoms with Crippen molar-refractivity contribution in [3.05, 3.63) is 30.0 Å². The number of carbonyl (C=O) groups is 1. The lowest BCUT2D eigenvalue weighted by molar-refractivity contribution is -0.143. The minimum absolute atomic E-state index is 0.219. The number of thioether (sulfide) groups is 1. The number of aromatic nitrogens is 3. The van der Waals surface area contributed by atoms with Crippen LogP contribution in [0.5, 0.6) is 0 Å². The zero-order valence-corrected chi connectivity index (χ0v) is 13.4. The Morgan fingerprint density at radius 2 is 2.41 bits per heavy atom. The van der Waals surface area contributed by atoms with Gasteiger partial charge in [-0.05, 0) is 19.1 Å². The third-order valence-corrected chi connectivity index (χ3v) is 4.53. The van der Waals surface area contributed by atoms with Gasteiger partial charge in [0.25, 0.3) is 0 Å². The van der Waals surface area contributed by atoms with Crippen LogP contribution in [0.3, 0.4) is 0 Å². The molecule has 7 heteroatoms. The fraction of sp³-hybridized carbons (Fsp3) is 0.400. The number of ether oxygens (including phenoxy) is 1. The predicted molar refractivity (Wildman–Crippen MR) is 86.6 cm³/mol. The fourth-order valence-electron chi connectivity index (χ4n) is 2.45. The molecule has 0 saturated heterocycles. The lowest BCUT2D eigenvalue weighted by Gasteiger charge is -2.15. The van der Waals surface area contributed by atoms with E-state index >= 15 is 0 Å². The van der Waals surface area contributed by atoms with Gasteiger partial charge in [0.1, 0.15) is 17.6 Å². The van der Waals surface area contributed by atoms with Crippen molar-refractivity contribution in [3.63, 3.8) is 0 Å². The van der Waals surface area contributed by atoms with E-state index in [1.807, 2.05) is 32.2 Å². The van der Waals surface area contributed by atoms with E-state index < -0.39 is 0 Å². The molecule has 1 unspecified atom stereocenters. The minimum Gasteiger partial charge on any atom is -0.464 e. The molecule has 1 aliphatic rings. The van der Waals surface area contributed by atoms with Crippen LogP contribution in [-0.4, -0.2) is 39.1 Å². The van der Waals surface area contributed by atoms with Crippen LogP contribution in [0.25, 0.3) is 11.4 Å². The van der Waals surface area contributed by atoms with Gasteiger partial charge in [-0.25, -0.2) is 4.79 Å². The maximum Gasteiger partial charge on any atom is 0.329 e. The van der Waals surface area contributed by atoms with Gasteiger partial charge in [-0.15, -0.1) is 0 Å². The summed E-state index contributed by atoms with van der Waals surface area (Å²) in [5.74, 6) is 2.11. The fourth-order valence-corrected chi connectivity index (χ4v) is 3.50. The summed E-state index contributed by atoms with van der Waals surface area (Å²) >= 11 is 1.70. The van der Waals surface area contributed by atoms with Gasteiger partial charge < -0.3 is 10.1 Å². The van der Waals surface area contributed by atoms with Crippen molar-refractivity contribution in [2.75, 3.05) is 17.7 Å². The van der Waals surface area contributed by atoms with Gasteiger partial charge in [-0.2, -0.15) is 16.9 Å². The van der Waals surface area contributed by atoms with Crippen molar-refractivity contribution < 1.29 is 9.53 Å². The highest BCUT2D eigenvalue weighted by molar-refractivity contribution is 7.98. The molecule has 2 aromatic rings. The van der Waals surface area contributed by atoms with Crippen LogP contribution in [-0.2, 0) is 22.3 Å².